The maximum atomic E-state index is 11.9. The van der Waals surface area contributed by atoms with Gasteiger partial charge in [0.25, 0.3) is 0 Å². The fourth-order valence-electron chi connectivity index (χ4n) is 2.19. The molecule has 1 aliphatic rings. The highest BCUT2D eigenvalue weighted by Crippen LogP contribution is 2.39. The molecule has 1 aromatic heterocycles. The van der Waals surface area contributed by atoms with Crippen molar-refractivity contribution in [3.63, 3.8) is 0 Å². The summed E-state index contributed by atoms with van der Waals surface area (Å²) < 4.78 is 1.52. The van der Waals surface area contributed by atoms with Crippen molar-refractivity contribution in [2.75, 3.05) is 23.9 Å². The fourth-order valence-corrected chi connectivity index (χ4v) is 3.76. The Morgan fingerprint density at radius 3 is 2.79 bits per heavy atom. The number of amides is 1. The van der Waals surface area contributed by atoms with Gasteiger partial charge in [-0.25, -0.2) is 4.68 Å². The zero-order valence-corrected chi connectivity index (χ0v) is 15.0. The van der Waals surface area contributed by atoms with E-state index in [0.717, 1.165) is 30.8 Å². The van der Waals surface area contributed by atoms with E-state index in [9.17, 15) is 4.79 Å². The first kappa shape index (κ1) is 17.2. The summed E-state index contributed by atoms with van der Waals surface area (Å²) in [5.74, 6) is 8.54. The lowest BCUT2D eigenvalue weighted by Crippen LogP contribution is -2.26. The summed E-state index contributed by atoms with van der Waals surface area (Å²) in [7, 11) is 0. The Labute approximate surface area is 149 Å². The SMILES string of the molecule is Nn1c(SCC(=O)NCCCSc2ccccc2)nnc1C1CC1. The molecule has 0 aliphatic heterocycles. The van der Waals surface area contributed by atoms with Gasteiger partial charge in [0.15, 0.2) is 5.82 Å². The van der Waals surface area contributed by atoms with Crippen LogP contribution in [-0.4, -0.2) is 38.8 Å². The van der Waals surface area contributed by atoms with Crippen LogP contribution in [0.4, 0.5) is 0 Å². The van der Waals surface area contributed by atoms with Crippen molar-refractivity contribution in [1.29, 1.82) is 0 Å². The average molecular weight is 364 g/mol. The minimum atomic E-state index is 0.000632. The minimum absolute atomic E-state index is 0.000632. The van der Waals surface area contributed by atoms with Gasteiger partial charge in [-0.2, -0.15) is 0 Å². The minimum Gasteiger partial charge on any atom is -0.355 e. The molecule has 1 saturated carbocycles. The van der Waals surface area contributed by atoms with Gasteiger partial charge < -0.3 is 11.2 Å². The van der Waals surface area contributed by atoms with Gasteiger partial charge in [-0.1, -0.05) is 30.0 Å². The van der Waals surface area contributed by atoms with E-state index in [-0.39, 0.29) is 5.91 Å². The van der Waals surface area contributed by atoms with Crippen LogP contribution < -0.4 is 11.2 Å². The van der Waals surface area contributed by atoms with Gasteiger partial charge in [-0.05, 0) is 37.1 Å². The summed E-state index contributed by atoms with van der Waals surface area (Å²) in [6.45, 7) is 0.682. The van der Waals surface area contributed by atoms with Crippen molar-refractivity contribution in [3.05, 3.63) is 36.2 Å². The number of rotatable bonds is 9. The molecule has 0 saturated heterocycles. The summed E-state index contributed by atoms with van der Waals surface area (Å²) in [6, 6.07) is 10.3. The molecule has 24 heavy (non-hydrogen) atoms. The molecule has 1 heterocycles. The fraction of sp³-hybridized carbons (Fsp3) is 0.438. The highest BCUT2D eigenvalue weighted by molar-refractivity contribution is 7.99. The van der Waals surface area contributed by atoms with E-state index >= 15 is 0 Å². The van der Waals surface area contributed by atoms with E-state index in [1.807, 2.05) is 18.2 Å². The van der Waals surface area contributed by atoms with Crippen molar-refractivity contribution < 1.29 is 4.79 Å². The monoisotopic (exact) mass is 363 g/mol. The first-order chi connectivity index (χ1) is 11.7. The smallest absolute Gasteiger partial charge is 0.230 e. The van der Waals surface area contributed by atoms with E-state index in [0.29, 0.717) is 23.4 Å². The van der Waals surface area contributed by atoms with Crippen molar-refractivity contribution in [2.24, 2.45) is 0 Å². The van der Waals surface area contributed by atoms with Crippen molar-refractivity contribution >= 4 is 29.4 Å². The molecule has 1 aliphatic carbocycles. The van der Waals surface area contributed by atoms with Crippen molar-refractivity contribution in [2.45, 2.75) is 35.2 Å². The summed E-state index contributed by atoms with van der Waals surface area (Å²) in [4.78, 5) is 13.1. The average Bonchev–Trinajstić information content (AvgIpc) is 3.37. The lowest BCUT2D eigenvalue weighted by atomic mass is 10.4. The maximum Gasteiger partial charge on any atom is 0.230 e. The van der Waals surface area contributed by atoms with Gasteiger partial charge in [-0.3, -0.25) is 4.79 Å². The molecule has 0 radical (unpaired) electrons. The molecule has 0 unspecified atom stereocenters. The number of nitrogens with two attached hydrogens (primary N) is 1. The second kappa shape index (κ2) is 8.43. The lowest BCUT2D eigenvalue weighted by Gasteiger charge is -2.05. The summed E-state index contributed by atoms with van der Waals surface area (Å²) in [6.07, 6.45) is 3.19. The molecule has 8 heteroatoms. The van der Waals surface area contributed by atoms with Crippen LogP contribution in [0.1, 0.15) is 31.0 Å². The zero-order chi connectivity index (χ0) is 16.8. The van der Waals surface area contributed by atoms with Crippen LogP contribution in [-0.2, 0) is 4.79 Å². The number of benzene rings is 1. The van der Waals surface area contributed by atoms with Crippen LogP contribution in [0.3, 0.4) is 0 Å². The van der Waals surface area contributed by atoms with Crippen LogP contribution in [0, 0.1) is 0 Å². The number of thioether (sulfide) groups is 2. The molecular weight excluding hydrogens is 342 g/mol. The Hall–Kier alpha value is -1.67. The predicted octanol–water partition coefficient (Wildman–Crippen LogP) is 2.26. The van der Waals surface area contributed by atoms with Crippen molar-refractivity contribution in [1.82, 2.24) is 20.2 Å². The molecule has 0 bridgehead atoms. The van der Waals surface area contributed by atoms with Crippen LogP contribution in [0.15, 0.2) is 40.4 Å². The van der Waals surface area contributed by atoms with Crippen molar-refractivity contribution in [3.8, 4) is 0 Å². The molecule has 1 amide bonds. The summed E-state index contributed by atoms with van der Waals surface area (Å²) in [5, 5.41) is 11.7. The second-order valence-electron chi connectivity index (χ2n) is 5.64. The molecule has 0 atom stereocenters. The molecular formula is C16H21N5OS2. The van der Waals surface area contributed by atoms with Gasteiger partial charge >= 0.3 is 0 Å². The standard InChI is InChI=1S/C16H21N5OS2/c17-21-15(12-7-8-12)19-20-16(21)24-11-14(22)18-9-4-10-23-13-5-2-1-3-6-13/h1-3,5-6,12H,4,7-11,17H2,(H,18,22). The molecule has 6 nitrogen and oxygen atoms in total. The molecule has 3 N–H and O–H groups in total. The van der Waals surface area contributed by atoms with Crippen LogP contribution in [0.2, 0.25) is 0 Å². The molecule has 0 spiro atoms. The van der Waals surface area contributed by atoms with E-state index in [2.05, 4.69) is 27.6 Å². The first-order valence-corrected chi connectivity index (χ1v) is 9.99. The van der Waals surface area contributed by atoms with Crippen LogP contribution >= 0.6 is 23.5 Å². The lowest BCUT2D eigenvalue weighted by molar-refractivity contribution is -0.118. The Bertz CT molecular complexity index is 672. The highest BCUT2D eigenvalue weighted by Gasteiger charge is 2.29. The Morgan fingerprint density at radius 1 is 1.25 bits per heavy atom. The molecule has 128 valence electrons. The number of hydrogen-bond donors (Lipinski definition) is 2. The third-order valence-corrected chi connectivity index (χ3v) is 5.66. The van der Waals surface area contributed by atoms with E-state index in [4.69, 9.17) is 5.84 Å². The van der Waals surface area contributed by atoms with E-state index in [1.54, 1.807) is 11.8 Å². The third-order valence-electron chi connectivity index (χ3n) is 3.62. The summed E-state index contributed by atoms with van der Waals surface area (Å²) in [5.41, 5.74) is 0. The van der Waals surface area contributed by atoms with E-state index < -0.39 is 0 Å². The Morgan fingerprint density at radius 2 is 2.04 bits per heavy atom. The number of hydrogen-bond acceptors (Lipinski definition) is 6. The molecule has 1 fully saturated rings. The summed E-state index contributed by atoms with van der Waals surface area (Å²) >= 11 is 3.13. The number of nitrogens with zero attached hydrogens (tertiary/aromatic N) is 3. The topological polar surface area (TPSA) is 85.8 Å². The molecule has 3 rings (SSSR count). The largest absolute Gasteiger partial charge is 0.355 e. The number of nitrogen functional groups attached to an aromatic ring is 1. The third kappa shape index (κ3) is 4.91. The first-order valence-electron chi connectivity index (χ1n) is 8.02. The van der Waals surface area contributed by atoms with E-state index in [1.165, 1.54) is 21.3 Å². The van der Waals surface area contributed by atoms with Crippen LogP contribution in [0.5, 0.6) is 0 Å². The normalized spacial score (nSPS) is 13.8. The van der Waals surface area contributed by atoms with Gasteiger partial charge in [0, 0.05) is 17.4 Å². The van der Waals surface area contributed by atoms with Gasteiger partial charge in [0.2, 0.25) is 11.1 Å². The Kier molecular flexibility index (Phi) is 6.03. The van der Waals surface area contributed by atoms with Gasteiger partial charge in [0.05, 0.1) is 5.75 Å². The zero-order valence-electron chi connectivity index (χ0n) is 13.4. The highest BCUT2D eigenvalue weighted by atomic mass is 32.2. The molecule has 2 aromatic rings. The number of aromatic nitrogens is 3. The van der Waals surface area contributed by atoms with Gasteiger partial charge in [-0.15, -0.1) is 22.0 Å². The maximum absolute atomic E-state index is 11.9. The number of carbonyl (C=O) groups excluding carboxylic acids is 1. The van der Waals surface area contributed by atoms with Crippen LogP contribution in [0.25, 0.3) is 0 Å². The number of carbonyl (C=O) groups is 1. The molecule has 1 aromatic carbocycles. The quantitative estimate of drug-likeness (QED) is 0.404. The predicted molar refractivity (Wildman–Crippen MR) is 97.7 cm³/mol. The Balaban J connectivity index is 1.30. The second-order valence-corrected chi connectivity index (χ2v) is 7.75. The van der Waals surface area contributed by atoms with Gasteiger partial charge in [0.1, 0.15) is 0 Å². The number of nitrogens with one attached hydrogen (secondary N) is 1.